The third kappa shape index (κ3) is 3.40. The zero-order valence-corrected chi connectivity index (χ0v) is 17.6. The van der Waals surface area contributed by atoms with Gasteiger partial charge in [-0.05, 0) is 62.1 Å². The molecule has 0 spiro atoms. The maximum Gasteiger partial charge on any atom is 0.254 e. The zero-order valence-electron chi connectivity index (χ0n) is 16.8. The topological polar surface area (TPSA) is 84.3 Å². The molecule has 0 bridgehead atoms. The van der Waals surface area contributed by atoms with E-state index in [9.17, 15) is 13.2 Å². The molecule has 2 aliphatic rings. The number of hydrogen-bond donors (Lipinski definition) is 1. The van der Waals surface area contributed by atoms with E-state index in [1.807, 2.05) is 36.2 Å². The molecule has 3 aromatic rings. The molecule has 1 unspecified atom stereocenters. The first-order chi connectivity index (χ1) is 14.4. The lowest BCUT2D eigenvalue weighted by Crippen LogP contribution is -2.32. The summed E-state index contributed by atoms with van der Waals surface area (Å²) in [5.41, 5.74) is 2.46. The first-order valence-electron chi connectivity index (χ1n) is 10.3. The van der Waals surface area contributed by atoms with Crippen LogP contribution in [-0.4, -0.2) is 41.4 Å². The van der Waals surface area contributed by atoms with E-state index in [1.54, 1.807) is 12.1 Å². The summed E-state index contributed by atoms with van der Waals surface area (Å²) in [6, 6.07) is 14.2. The van der Waals surface area contributed by atoms with Crippen molar-refractivity contribution in [1.29, 1.82) is 0 Å². The van der Waals surface area contributed by atoms with Gasteiger partial charge in [0.15, 0.2) is 0 Å². The van der Waals surface area contributed by atoms with Crippen LogP contribution in [-0.2, 0) is 17.1 Å². The van der Waals surface area contributed by atoms with Crippen molar-refractivity contribution in [3.05, 3.63) is 59.9 Å². The Bertz CT molecular complexity index is 1210. The van der Waals surface area contributed by atoms with E-state index >= 15 is 0 Å². The van der Waals surface area contributed by atoms with Crippen molar-refractivity contribution in [2.24, 2.45) is 7.05 Å². The Morgan fingerprint density at radius 1 is 1.07 bits per heavy atom. The van der Waals surface area contributed by atoms with Crippen LogP contribution in [0.25, 0.3) is 11.0 Å². The molecule has 1 aliphatic heterocycles. The number of imidazole rings is 1. The number of sulfonamides is 1. The number of nitrogens with one attached hydrogen (secondary N) is 1. The molecule has 1 aliphatic carbocycles. The maximum atomic E-state index is 13.2. The van der Waals surface area contributed by atoms with Crippen LogP contribution in [0.1, 0.15) is 47.9 Å². The third-order valence-corrected chi connectivity index (χ3v) is 7.48. The van der Waals surface area contributed by atoms with Crippen LogP contribution in [0.3, 0.4) is 0 Å². The van der Waals surface area contributed by atoms with Crippen molar-refractivity contribution < 1.29 is 13.2 Å². The number of carbonyl (C=O) groups is 1. The quantitative estimate of drug-likeness (QED) is 0.682. The van der Waals surface area contributed by atoms with E-state index < -0.39 is 10.0 Å². The van der Waals surface area contributed by atoms with Gasteiger partial charge in [-0.15, -0.1) is 0 Å². The molecule has 7 nitrogen and oxygen atoms in total. The predicted octanol–water partition coefficient (Wildman–Crippen LogP) is 2.99. The molecule has 2 fully saturated rings. The number of carbonyl (C=O) groups excluding carboxylic acids is 1. The van der Waals surface area contributed by atoms with Crippen LogP contribution in [0, 0.1) is 0 Å². The number of nitrogens with zero attached hydrogens (tertiary/aromatic N) is 3. The molecule has 2 aromatic carbocycles. The summed E-state index contributed by atoms with van der Waals surface area (Å²) in [6.45, 7) is 0.663. The van der Waals surface area contributed by atoms with Gasteiger partial charge in [-0.1, -0.05) is 12.1 Å². The fraction of sp³-hybridized carbons (Fsp3) is 0.364. The van der Waals surface area contributed by atoms with Crippen LogP contribution in [0.15, 0.2) is 53.4 Å². The smallest absolute Gasteiger partial charge is 0.254 e. The van der Waals surface area contributed by atoms with Crippen LogP contribution in [0.5, 0.6) is 0 Å². The second kappa shape index (κ2) is 7.21. The Labute approximate surface area is 175 Å². The molecule has 1 saturated carbocycles. The molecule has 5 rings (SSSR count). The van der Waals surface area contributed by atoms with E-state index in [0.29, 0.717) is 12.1 Å². The number of aromatic nitrogens is 2. The third-order valence-electron chi connectivity index (χ3n) is 5.94. The van der Waals surface area contributed by atoms with Gasteiger partial charge in [0, 0.05) is 25.2 Å². The SMILES string of the molecule is Cn1c(C2CCCN2C(=O)c2ccc(S(=O)(=O)NC3CC3)cc2)nc2ccccc21. The molecule has 2 heterocycles. The molecule has 1 atom stereocenters. The minimum absolute atomic E-state index is 0.0509. The van der Waals surface area contributed by atoms with Gasteiger partial charge in [0.05, 0.1) is 22.0 Å². The second-order valence-electron chi connectivity index (χ2n) is 8.09. The number of likely N-dealkylation sites (tertiary alicyclic amines) is 1. The van der Waals surface area contributed by atoms with Crippen LogP contribution in [0.2, 0.25) is 0 Å². The number of fused-ring (bicyclic) bond motifs is 1. The maximum absolute atomic E-state index is 13.2. The van der Waals surface area contributed by atoms with Crippen LogP contribution < -0.4 is 4.72 Å². The summed E-state index contributed by atoms with van der Waals surface area (Å²) < 4.78 is 29.4. The van der Waals surface area contributed by atoms with E-state index in [1.165, 1.54) is 12.1 Å². The molecular weight excluding hydrogens is 400 g/mol. The first kappa shape index (κ1) is 19.3. The molecular formula is C22H24N4O3S. The molecule has 1 amide bonds. The van der Waals surface area contributed by atoms with Gasteiger partial charge in [0.2, 0.25) is 10.0 Å². The van der Waals surface area contributed by atoms with Gasteiger partial charge in [-0.25, -0.2) is 18.1 Å². The van der Waals surface area contributed by atoms with Crippen molar-refractivity contribution >= 4 is 27.0 Å². The second-order valence-corrected chi connectivity index (χ2v) is 9.81. The number of rotatable bonds is 5. The van der Waals surface area contributed by atoms with Crippen molar-refractivity contribution in [1.82, 2.24) is 19.2 Å². The Kier molecular flexibility index (Phi) is 4.63. The Balaban J connectivity index is 1.40. The van der Waals surface area contributed by atoms with E-state index in [-0.39, 0.29) is 22.9 Å². The summed E-state index contributed by atoms with van der Waals surface area (Å²) in [4.78, 5) is 20.1. The number of hydrogen-bond acceptors (Lipinski definition) is 4. The van der Waals surface area contributed by atoms with Gasteiger partial charge in [-0.3, -0.25) is 4.79 Å². The van der Waals surface area contributed by atoms with Crippen LogP contribution >= 0.6 is 0 Å². The molecule has 30 heavy (non-hydrogen) atoms. The Morgan fingerprint density at radius 3 is 2.50 bits per heavy atom. The average Bonchev–Trinajstić information content (AvgIpc) is 3.30. The van der Waals surface area contributed by atoms with E-state index in [4.69, 9.17) is 4.98 Å². The fourth-order valence-electron chi connectivity index (χ4n) is 4.17. The van der Waals surface area contributed by atoms with Crippen molar-refractivity contribution in [2.45, 2.75) is 42.7 Å². The highest BCUT2D eigenvalue weighted by molar-refractivity contribution is 7.89. The van der Waals surface area contributed by atoms with Gasteiger partial charge in [-0.2, -0.15) is 0 Å². The molecule has 0 radical (unpaired) electrons. The highest BCUT2D eigenvalue weighted by atomic mass is 32.2. The number of para-hydroxylation sites is 2. The highest BCUT2D eigenvalue weighted by Crippen LogP contribution is 2.34. The van der Waals surface area contributed by atoms with Crippen molar-refractivity contribution in [2.75, 3.05) is 6.54 Å². The molecule has 156 valence electrons. The monoisotopic (exact) mass is 424 g/mol. The summed E-state index contributed by atoms with van der Waals surface area (Å²) in [5.74, 6) is 0.790. The molecule has 1 aromatic heterocycles. The number of benzene rings is 2. The normalized spacial score (nSPS) is 19.5. The summed E-state index contributed by atoms with van der Waals surface area (Å²) >= 11 is 0. The Morgan fingerprint density at radius 2 is 1.80 bits per heavy atom. The van der Waals surface area contributed by atoms with Gasteiger partial charge in [0.25, 0.3) is 5.91 Å². The van der Waals surface area contributed by atoms with Crippen molar-refractivity contribution in [3.63, 3.8) is 0 Å². The number of aryl methyl sites for hydroxylation is 1. The lowest BCUT2D eigenvalue weighted by Gasteiger charge is -2.24. The van der Waals surface area contributed by atoms with Gasteiger partial charge < -0.3 is 9.47 Å². The van der Waals surface area contributed by atoms with Crippen LogP contribution in [0.4, 0.5) is 0 Å². The minimum Gasteiger partial charge on any atom is -0.329 e. The molecule has 1 saturated heterocycles. The van der Waals surface area contributed by atoms with E-state index in [0.717, 1.165) is 42.5 Å². The highest BCUT2D eigenvalue weighted by Gasteiger charge is 2.34. The molecule has 1 N–H and O–H groups in total. The summed E-state index contributed by atoms with van der Waals surface area (Å²) in [5, 5.41) is 0. The van der Waals surface area contributed by atoms with Gasteiger partial charge in [0.1, 0.15) is 5.82 Å². The Hall–Kier alpha value is -2.71. The zero-order chi connectivity index (χ0) is 20.9. The summed E-state index contributed by atoms with van der Waals surface area (Å²) in [7, 11) is -1.54. The lowest BCUT2D eigenvalue weighted by atomic mass is 10.1. The first-order valence-corrected chi connectivity index (χ1v) is 11.8. The standard InChI is InChI=1S/C22H24N4O3S/c1-25-19-6-3-2-5-18(19)23-21(25)20-7-4-14-26(20)22(27)15-8-12-17(13-9-15)30(28,29)24-16-10-11-16/h2-3,5-6,8-9,12-13,16,20,24H,4,7,10-11,14H2,1H3. The molecule has 8 heteroatoms. The van der Waals surface area contributed by atoms with E-state index in [2.05, 4.69) is 9.29 Å². The average molecular weight is 425 g/mol. The number of amides is 1. The largest absolute Gasteiger partial charge is 0.329 e. The van der Waals surface area contributed by atoms with Gasteiger partial charge >= 0.3 is 0 Å². The summed E-state index contributed by atoms with van der Waals surface area (Å²) in [6.07, 6.45) is 3.54. The lowest BCUT2D eigenvalue weighted by molar-refractivity contribution is 0.0728. The minimum atomic E-state index is -3.52. The van der Waals surface area contributed by atoms with Crippen molar-refractivity contribution in [3.8, 4) is 0 Å². The predicted molar refractivity (Wildman–Crippen MR) is 114 cm³/mol. The fourth-order valence-corrected chi connectivity index (χ4v) is 5.48.